The van der Waals surface area contributed by atoms with Crippen molar-refractivity contribution in [2.45, 2.75) is 0 Å². The first-order valence-electron chi connectivity index (χ1n) is 3.63. The van der Waals surface area contributed by atoms with Crippen molar-refractivity contribution in [2.75, 3.05) is 0 Å². The predicted octanol–water partition coefficient (Wildman–Crippen LogP) is -4.61. The van der Waals surface area contributed by atoms with Crippen molar-refractivity contribution in [1.82, 2.24) is 0 Å². The summed E-state index contributed by atoms with van der Waals surface area (Å²) in [5.41, 5.74) is 0. The van der Waals surface area contributed by atoms with Crippen molar-refractivity contribution in [2.24, 2.45) is 0 Å². The molecule has 16 heavy (non-hydrogen) atoms. The smallest absolute Gasteiger partial charge is 1.00 e. The van der Waals surface area contributed by atoms with Gasteiger partial charge in [-0.05, 0) is 0 Å². The van der Waals surface area contributed by atoms with Crippen LogP contribution in [0.5, 0.6) is 23.0 Å². The molecule has 0 saturated carbocycles. The second-order valence-corrected chi connectivity index (χ2v) is 2.78. The van der Waals surface area contributed by atoms with Crippen molar-refractivity contribution in [3.63, 3.8) is 0 Å². The van der Waals surface area contributed by atoms with Gasteiger partial charge in [-0.2, -0.15) is 0 Å². The van der Waals surface area contributed by atoms with Crippen LogP contribution in [0.15, 0.2) is 18.2 Å². The summed E-state index contributed by atoms with van der Waals surface area (Å²) in [7, 11) is 0. The van der Waals surface area contributed by atoms with E-state index < -0.39 is 11.5 Å². The molecule has 7 heteroatoms. The zero-order chi connectivity index (χ0) is 9.59. The van der Waals surface area contributed by atoms with Crippen molar-refractivity contribution < 1.29 is 71.4 Å². The minimum Gasteiger partial charge on any atom is -1.00 e. The molecule has 0 bridgehead atoms. The number of hydrogen-bond donors (Lipinski definition) is 4. The summed E-state index contributed by atoms with van der Waals surface area (Å²) < 4.78 is 0. The summed E-state index contributed by atoms with van der Waals surface area (Å²) >= 11 is 0. The quantitative estimate of drug-likeness (QED) is 0.287. The maximum atomic E-state index is 9.33. The van der Waals surface area contributed by atoms with E-state index in [9.17, 15) is 10.2 Å². The molecule has 0 aromatic heterocycles. The zero-order valence-electron chi connectivity index (χ0n) is 7.78. The first-order chi connectivity index (χ1) is 6.11. The van der Waals surface area contributed by atoms with Crippen LogP contribution in [0.2, 0.25) is 0 Å². The van der Waals surface area contributed by atoms with Gasteiger partial charge >= 0.3 is 26.2 Å². The molecule has 85 valence electrons. The maximum absolute atomic E-state index is 9.33. The minimum atomic E-state index is -0.421. The third kappa shape index (κ3) is 2.59. The van der Waals surface area contributed by atoms with E-state index in [1.54, 1.807) is 0 Å². The van der Waals surface area contributed by atoms with E-state index in [1.165, 1.54) is 18.2 Å². The van der Waals surface area contributed by atoms with Crippen LogP contribution < -0.4 is 24.8 Å². The largest absolute Gasteiger partial charge is 3.00 e. The molecule has 0 heterocycles. The number of aromatic hydroxyl groups is 4. The summed E-state index contributed by atoms with van der Waals surface area (Å²) in [6, 6.07) is 4.09. The maximum Gasteiger partial charge on any atom is 3.00 e. The molecule has 0 aliphatic rings. The first-order valence-corrected chi connectivity index (χ1v) is 3.63. The van der Waals surface area contributed by atoms with Gasteiger partial charge in [-0.1, -0.05) is 11.5 Å². The van der Waals surface area contributed by atoms with E-state index in [0.717, 1.165) is 0 Å². The van der Waals surface area contributed by atoms with Gasteiger partial charge in [0.15, 0.2) is 0 Å². The Morgan fingerprint density at radius 2 is 1.44 bits per heavy atom. The summed E-state index contributed by atoms with van der Waals surface area (Å²) in [6.45, 7) is 0. The van der Waals surface area contributed by atoms with Gasteiger partial charge in [0.2, 0.25) is 0 Å². The van der Waals surface area contributed by atoms with Crippen molar-refractivity contribution in [3.8, 4) is 23.0 Å². The Balaban J connectivity index is 0. The van der Waals surface area contributed by atoms with Crippen LogP contribution in [0.3, 0.4) is 0 Å². The van der Waals surface area contributed by atoms with Gasteiger partial charge in [0, 0.05) is 0 Å². The van der Waals surface area contributed by atoms with E-state index >= 15 is 0 Å². The molecule has 0 aliphatic heterocycles. The second-order valence-electron chi connectivity index (χ2n) is 2.78. The standard InChI is InChI=1S/C9H7O4.2ClH.Zr/c10-5-2-1-4-3-6(11)9(13)7(4)8(5)12;;;/h1-3,10-13H;2*1H;/q-1;;;+3/p-2. The molecule has 4 N–H and O–H groups in total. The molecular formula is C9H7Cl2O4Zr. The number of fused-ring (bicyclic) bond motifs is 1. The van der Waals surface area contributed by atoms with Crippen molar-refractivity contribution >= 4 is 10.8 Å². The van der Waals surface area contributed by atoms with E-state index in [0.29, 0.717) is 5.39 Å². The van der Waals surface area contributed by atoms with E-state index in [-0.39, 0.29) is 67.9 Å². The molecule has 0 spiro atoms. The monoisotopic (exact) mass is 339 g/mol. The number of phenols is 2. The Morgan fingerprint density at radius 3 is 2.00 bits per heavy atom. The summed E-state index contributed by atoms with van der Waals surface area (Å²) in [5, 5.41) is 37.4. The van der Waals surface area contributed by atoms with Crippen LogP contribution in [0, 0.1) is 0 Å². The van der Waals surface area contributed by atoms with E-state index in [2.05, 4.69) is 0 Å². The number of phenolic OH excluding ortho intramolecular Hbond substituents is 2. The summed E-state index contributed by atoms with van der Waals surface area (Å²) in [5.74, 6) is -1.47. The molecule has 2 aromatic carbocycles. The molecular weight excluding hydrogens is 334 g/mol. The third-order valence-corrected chi connectivity index (χ3v) is 1.96. The molecule has 0 amide bonds. The molecule has 0 unspecified atom stereocenters. The van der Waals surface area contributed by atoms with E-state index in [4.69, 9.17) is 10.2 Å². The van der Waals surface area contributed by atoms with Gasteiger partial charge in [-0.25, -0.2) is 0 Å². The Bertz CT molecular complexity index is 484. The van der Waals surface area contributed by atoms with Crippen molar-refractivity contribution in [1.29, 1.82) is 0 Å². The first kappa shape index (κ1) is 17.9. The Labute approximate surface area is 123 Å². The molecule has 1 radical (unpaired) electrons. The average molecular weight is 341 g/mol. The predicted molar refractivity (Wildman–Crippen MR) is 46.2 cm³/mol. The van der Waals surface area contributed by atoms with Crippen LogP contribution >= 0.6 is 0 Å². The SMILES string of the molecule is Oc1ccc2[cH-]c(O)c(O)c2c1O.[Cl-].[Cl-].[Zr+3]. The second kappa shape index (κ2) is 6.28. The van der Waals surface area contributed by atoms with Crippen LogP contribution in [0.4, 0.5) is 0 Å². The zero-order valence-corrected chi connectivity index (χ0v) is 11.7. The topological polar surface area (TPSA) is 80.9 Å². The minimum absolute atomic E-state index is 0. The molecule has 4 nitrogen and oxygen atoms in total. The summed E-state index contributed by atoms with van der Waals surface area (Å²) in [6.07, 6.45) is 0. The van der Waals surface area contributed by atoms with Gasteiger partial charge < -0.3 is 45.2 Å². The fourth-order valence-corrected chi connectivity index (χ4v) is 1.31. The van der Waals surface area contributed by atoms with Gasteiger partial charge in [0.25, 0.3) is 0 Å². The molecule has 2 rings (SSSR count). The number of benzene rings is 1. The number of halogens is 2. The Morgan fingerprint density at radius 1 is 0.875 bits per heavy atom. The van der Waals surface area contributed by atoms with Crippen molar-refractivity contribution in [3.05, 3.63) is 18.2 Å². The number of rotatable bonds is 0. The van der Waals surface area contributed by atoms with E-state index in [1.807, 2.05) is 0 Å². The van der Waals surface area contributed by atoms with Crippen LogP contribution in [-0.2, 0) is 26.2 Å². The van der Waals surface area contributed by atoms with Gasteiger partial charge in [-0.3, -0.25) is 0 Å². The number of hydrogen-bond acceptors (Lipinski definition) is 4. The molecule has 0 aliphatic carbocycles. The van der Waals surface area contributed by atoms with Crippen LogP contribution in [0.25, 0.3) is 10.8 Å². The molecule has 0 atom stereocenters. The molecule has 0 saturated heterocycles. The van der Waals surface area contributed by atoms with Gasteiger partial charge in [0.1, 0.15) is 11.5 Å². The normalized spacial score (nSPS) is 8.75. The Kier molecular flexibility index (Phi) is 7.02. The van der Waals surface area contributed by atoms with Crippen LogP contribution in [-0.4, -0.2) is 20.4 Å². The average Bonchev–Trinajstić information content (AvgIpc) is 2.37. The third-order valence-electron chi connectivity index (χ3n) is 1.96. The summed E-state index contributed by atoms with van der Waals surface area (Å²) in [4.78, 5) is 0. The van der Waals surface area contributed by atoms with Gasteiger partial charge in [0.05, 0.1) is 11.5 Å². The Hall–Kier alpha value is -0.507. The molecule has 0 fully saturated rings. The van der Waals surface area contributed by atoms with Crippen LogP contribution in [0.1, 0.15) is 0 Å². The fourth-order valence-electron chi connectivity index (χ4n) is 1.31. The van der Waals surface area contributed by atoms with Gasteiger partial charge in [-0.15, -0.1) is 17.5 Å². The fraction of sp³-hybridized carbons (Fsp3) is 0. The molecule has 2 aromatic rings.